The highest BCUT2D eigenvalue weighted by Gasteiger charge is 2.24. The third-order valence-corrected chi connectivity index (χ3v) is 3.10. The zero-order chi connectivity index (χ0) is 12.8. The summed E-state index contributed by atoms with van der Waals surface area (Å²) >= 11 is 0. The van der Waals surface area contributed by atoms with Gasteiger partial charge in [0.25, 0.3) is 0 Å². The Bertz CT molecular complexity index is 347. The summed E-state index contributed by atoms with van der Waals surface area (Å²) in [7, 11) is 4.11. The van der Waals surface area contributed by atoms with Crippen molar-refractivity contribution >= 4 is 0 Å². The molecule has 2 rings (SSSR count). The maximum atomic E-state index is 5.53. The van der Waals surface area contributed by atoms with E-state index in [2.05, 4.69) is 33.9 Å². The van der Waals surface area contributed by atoms with Crippen LogP contribution >= 0.6 is 0 Å². The molecular formula is C13H24N4O. The van der Waals surface area contributed by atoms with Crippen LogP contribution in [0, 0.1) is 0 Å². The van der Waals surface area contributed by atoms with Gasteiger partial charge in [0, 0.05) is 31.9 Å². The Kier molecular flexibility index (Phi) is 5.16. The maximum absolute atomic E-state index is 5.53. The molecule has 5 nitrogen and oxygen atoms in total. The molecule has 0 unspecified atom stereocenters. The van der Waals surface area contributed by atoms with E-state index in [1.807, 2.05) is 12.5 Å². The van der Waals surface area contributed by atoms with Gasteiger partial charge in [0.05, 0.1) is 25.2 Å². The van der Waals surface area contributed by atoms with E-state index in [1.54, 1.807) is 0 Å². The maximum Gasteiger partial charge on any atom is 0.0951 e. The Balaban J connectivity index is 1.54. The van der Waals surface area contributed by atoms with Crippen LogP contribution in [-0.2, 0) is 11.3 Å². The molecule has 1 saturated carbocycles. The molecule has 18 heavy (non-hydrogen) atoms. The van der Waals surface area contributed by atoms with Crippen LogP contribution in [-0.4, -0.2) is 54.8 Å². The van der Waals surface area contributed by atoms with Crippen molar-refractivity contribution in [1.82, 2.24) is 19.8 Å². The summed E-state index contributed by atoms with van der Waals surface area (Å²) in [6.45, 7) is 4.32. The summed E-state index contributed by atoms with van der Waals surface area (Å²) in [5, 5.41) is 3.40. The van der Waals surface area contributed by atoms with Crippen LogP contribution in [0.4, 0.5) is 0 Å². The highest BCUT2D eigenvalue weighted by molar-refractivity contribution is 5.03. The summed E-state index contributed by atoms with van der Waals surface area (Å²) in [6.07, 6.45) is 6.51. The van der Waals surface area contributed by atoms with Crippen molar-refractivity contribution in [3.63, 3.8) is 0 Å². The van der Waals surface area contributed by atoms with Crippen LogP contribution < -0.4 is 5.32 Å². The van der Waals surface area contributed by atoms with E-state index >= 15 is 0 Å². The monoisotopic (exact) mass is 252 g/mol. The predicted octanol–water partition coefficient (Wildman–Crippen LogP) is 0.886. The molecule has 0 saturated heterocycles. The smallest absolute Gasteiger partial charge is 0.0951 e. The Morgan fingerprint density at radius 1 is 1.44 bits per heavy atom. The third-order valence-electron chi connectivity index (χ3n) is 3.10. The number of imidazole rings is 1. The molecule has 1 aliphatic carbocycles. The number of rotatable bonds is 9. The summed E-state index contributed by atoms with van der Waals surface area (Å²) in [6, 6.07) is 0.709. The number of aromatic nitrogens is 2. The van der Waals surface area contributed by atoms with Crippen LogP contribution in [0.5, 0.6) is 0 Å². The number of nitrogens with zero attached hydrogens (tertiary/aromatic N) is 3. The van der Waals surface area contributed by atoms with Gasteiger partial charge in [0.2, 0.25) is 0 Å². The molecule has 1 N–H and O–H groups in total. The molecule has 0 amide bonds. The molecule has 5 heteroatoms. The second-order valence-electron chi connectivity index (χ2n) is 5.12. The number of nitrogens with one attached hydrogen (secondary N) is 1. The first-order valence-corrected chi connectivity index (χ1v) is 6.71. The van der Waals surface area contributed by atoms with Gasteiger partial charge in [0.15, 0.2) is 0 Å². The predicted molar refractivity (Wildman–Crippen MR) is 71.6 cm³/mol. The largest absolute Gasteiger partial charge is 0.379 e. The topological polar surface area (TPSA) is 42.3 Å². The number of likely N-dealkylation sites (N-methyl/N-ethyl adjacent to an activating group) is 1. The van der Waals surface area contributed by atoms with E-state index < -0.39 is 0 Å². The normalized spacial score (nSPS) is 15.5. The quantitative estimate of drug-likeness (QED) is 0.663. The SMILES string of the molecule is CN(C)CCOCCNCc1cncn1C1CC1. The molecule has 1 aliphatic rings. The Labute approximate surface area is 109 Å². The Hall–Kier alpha value is -0.910. The van der Waals surface area contributed by atoms with Crippen LogP contribution in [0.25, 0.3) is 0 Å². The van der Waals surface area contributed by atoms with Gasteiger partial charge in [-0.25, -0.2) is 4.98 Å². The minimum Gasteiger partial charge on any atom is -0.379 e. The lowest BCUT2D eigenvalue weighted by atomic mass is 10.4. The number of hydrogen-bond acceptors (Lipinski definition) is 4. The van der Waals surface area contributed by atoms with Gasteiger partial charge < -0.3 is 19.5 Å². The minimum atomic E-state index is 0.709. The summed E-state index contributed by atoms with van der Waals surface area (Å²) in [5.74, 6) is 0. The van der Waals surface area contributed by atoms with Crippen LogP contribution in [0.2, 0.25) is 0 Å². The molecule has 0 radical (unpaired) electrons. The van der Waals surface area contributed by atoms with Gasteiger partial charge >= 0.3 is 0 Å². The second-order valence-corrected chi connectivity index (χ2v) is 5.12. The summed E-state index contributed by atoms with van der Waals surface area (Å²) in [4.78, 5) is 6.34. The van der Waals surface area contributed by atoms with E-state index in [0.717, 1.165) is 32.8 Å². The van der Waals surface area contributed by atoms with Gasteiger partial charge in [-0.15, -0.1) is 0 Å². The van der Waals surface area contributed by atoms with E-state index in [0.29, 0.717) is 6.04 Å². The first-order chi connectivity index (χ1) is 8.77. The fourth-order valence-electron chi connectivity index (χ4n) is 1.86. The average Bonchev–Trinajstić information content (AvgIpc) is 3.08. The zero-order valence-electron chi connectivity index (χ0n) is 11.4. The van der Waals surface area contributed by atoms with E-state index in [-0.39, 0.29) is 0 Å². The standard InChI is InChI=1S/C13H24N4O/c1-16(2)6-8-18-7-5-14-9-13-10-15-11-17(13)12-3-4-12/h10-12,14H,3-9H2,1-2H3. The highest BCUT2D eigenvalue weighted by Crippen LogP contribution is 2.35. The fourth-order valence-corrected chi connectivity index (χ4v) is 1.86. The van der Waals surface area contributed by atoms with Gasteiger partial charge in [-0.05, 0) is 26.9 Å². The van der Waals surface area contributed by atoms with Crippen LogP contribution in [0.3, 0.4) is 0 Å². The molecule has 0 atom stereocenters. The molecule has 1 aromatic heterocycles. The van der Waals surface area contributed by atoms with Crippen LogP contribution in [0.15, 0.2) is 12.5 Å². The molecule has 0 spiro atoms. The third kappa shape index (κ3) is 4.40. The van der Waals surface area contributed by atoms with E-state index in [4.69, 9.17) is 4.74 Å². The molecular weight excluding hydrogens is 228 g/mol. The zero-order valence-corrected chi connectivity index (χ0v) is 11.4. The fraction of sp³-hybridized carbons (Fsp3) is 0.769. The second kappa shape index (κ2) is 6.87. The van der Waals surface area contributed by atoms with Crippen molar-refractivity contribution < 1.29 is 4.74 Å². The first-order valence-electron chi connectivity index (χ1n) is 6.71. The number of hydrogen-bond donors (Lipinski definition) is 1. The molecule has 1 fully saturated rings. The van der Waals surface area contributed by atoms with Crippen molar-refractivity contribution in [1.29, 1.82) is 0 Å². The van der Waals surface area contributed by atoms with Gasteiger partial charge in [-0.1, -0.05) is 0 Å². The minimum absolute atomic E-state index is 0.709. The van der Waals surface area contributed by atoms with E-state index in [1.165, 1.54) is 18.5 Å². The molecule has 1 aromatic rings. The van der Waals surface area contributed by atoms with Gasteiger partial charge in [-0.3, -0.25) is 0 Å². The Morgan fingerprint density at radius 3 is 3.00 bits per heavy atom. The average molecular weight is 252 g/mol. The Morgan fingerprint density at radius 2 is 2.28 bits per heavy atom. The van der Waals surface area contributed by atoms with Crippen molar-refractivity contribution in [3.8, 4) is 0 Å². The van der Waals surface area contributed by atoms with Crippen LogP contribution in [0.1, 0.15) is 24.6 Å². The lowest BCUT2D eigenvalue weighted by Crippen LogP contribution is -2.23. The van der Waals surface area contributed by atoms with Crippen molar-refractivity contribution in [3.05, 3.63) is 18.2 Å². The molecule has 102 valence electrons. The lowest BCUT2D eigenvalue weighted by molar-refractivity contribution is 0.119. The lowest BCUT2D eigenvalue weighted by Gasteiger charge is -2.11. The first kappa shape index (κ1) is 13.5. The van der Waals surface area contributed by atoms with Crippen molar-refractivity contribution in [2.45, 2.75) is 25.4 Å². The van der Waals surface area contributed by atoms with E-state index in [9.17, 15) is 0 Å². The molecule has 0 aromatic carbocycles. The van der Waals surface area contributed by atoms with Crippen molar-refractivity contribution in [2.24, 2.45) is 0 Å². The summed E-state index contributed by atoms with van der Waals surface area (Å²) < 4.78 is 7.82. The highest BCUT2D eigenvalue weighted by atomic mass is 16.5. The number of ether oxygens (including phenoxy) is 1. The molecule has 1 heterocycles. The van der Waals surface area contributed by atoms with Gasteiger partial charge in [0.1, 0.15) is 0 Å². The summed E-state index contributed by atoms with van der Waals surface area (Å²) in [5.41, 5.74) is 1.28. The molecule has 0 aliphatic heterocycles. The van der Waals surface area contributed by atoms with Crippen molar-refractivity contribution in [2.75, 3.05) is 40.4 Å². The van der Waals surface area contributed by atoms with Gasteiger partial charge in [-0.2, -0.15) is 0 Å². The molecule has 0 bridgehead atoms.